The maximum Gasteiger partial charge on any atom is 0.0598 e. The Morgan fingerprint density at radius 1 is 1.24 bits per heavy atom. The van der Waals surface area contributed by atoms with Crippen LogP contribution >= 0.6 is 11.6 Å². The average molecular weight is 256 g/mol. The lowest BCUT2D eigenvalue weighted by Gasteiger charge is -2.22. The quantitative estimate of drug-likeness (QED) is 0.873. The van der Waals surface area contributed by atoms with Gasteiger partial charge in [-0.05, 0) is 57.4 Å². The summed E-state index contributed by atoms with van der Waals surface area (Å²) in [4.78, 5) is 0. The zero-order valence-electron chi connectivity index (χ0n) is 10.9. The molecule has 1 unspecified atom stereocenters. The zero-order chi connectivity index (χ0) is 12.9. The standard InChI is InChI=1S/C14H22ClNO/c1-14(2,3)17-9-8-12(10-16)11-4-6-13(15)7-5-11/h4-7,12H,8-10,16H2,1-3H3. The van der Waals surface area contributed by atoms with Gasteiger partial charge >= 0.3 is 0 Å². The molecule has 2 nitrogen and oxygen atoms in total. The molecule has 0 aliphatic carbocycles. The molecule has 17 heavy (non-hydrogen) atoms. The predicted octanol–water partition coefficient (Wildman–Crippen LogP) is 3.59. The summed E-state index contributed by atoms with van der Waals surface area (Å²) in [6.45, 7) is 7.55. The zero-order valence-corrected chi connectivity index (χ0v) is 11.6. The Bertz CT molecular complexity index is 329. The Labute approximate surface area is 109 Å². The van der Waals surface area contributed by atoms with Crippen molar-refractivity contribution in [3.05, 3.63) is 34.9 Å². The van der Waals surface area contributed by atoms with Crippen LogP contribution in [0.25, 0.3) is 0 Å². The Morgan fingerprint density at radius 3 is 2.29 bits per heavy atom. The van der Waals surface area contributed by atoms with Crippen molar-refractivity contribution in [1.82, 2.24) is 0 Å². The van der Waals surface area contributed by atoms with Crippen molar-refractivity contribution in [1.29, 1.82) is 0 Å². The van der Waals surface area contributed by atoms with E-state index in [2.05, 4.69) is 20.8 Å². The molecule has 0 saturated heterocycles. The minimum atomic E-state index is -0.0842. The van der Waals surface area contributed by atoms with Gasteiger partial charge in [-0.2, -0.15) is 0 Å². The molecule has 0 radical (unpaired) electrons. The molecule has 0 bridgehead atoms. The van der Waals surface area contributed by atoms with Crippen LogP contribution in [0, 0.1) is 0 Å². The largest absolute Gasteiger partial charge is 0.376 e. The van der Waals surface area contributed by atoms with Gasteiger partial charge in [-0.15, -0.1) is 0 Å². The van der Waals surface area contributed by atoms with Gasteiger partial charge in [0.2, 0.25) is 0 Å². The Hall–Kier alpha value is -0.570. The van der Waals surface area contributed by atoms with E-state index in [0.29, 0.717) is 12.5 Å². The fourth-order valence-corrected chi connectivity index (χ4v) is 1.79. The van der Waals surface area contributed by atoms with E-state index in [1.165, 1.54) is 5.56 Å². The molecular formula is C14H22ClNO. The van der Waals surface area contributed by atoms with Gasteiger partial charge in [0, 0.05) is 11.6 Å². The maximum atomic E-state index is 5.87. The minimum Gasteiger partial charge on any atom is -0.376 e. The van der Waals surface area contributed by atoms with E-state index in [-0.39, 0.29) is 5.60 Å². The Kier molecular flexibility index (Phi) is 5.44. The molecular weight excluding hydrogens is 234 g/mol. The molecule has 1 aromatic carbocycles. The van der Waals surface area contributed by atoms with Crippen LogP contribution in [0.15, 0.2) is 24.3 Å². The summed E-state index contributed by atoms with van der Waals surface area (Å²) in [6, 6.07) is 7.89. The first-order chi connectivity index (χ1) is 7.92. The Balaban J connectivity index is 2.51. The molecule has 1 rings (SSSR count). The first-order valence-corrected chi connectivity index (χ1v) is 6.39. The van der Waals surface area contributed by atoms with Gasteiger partial charge in [-0.1, -0.05) is 23.7 Å². The second-order valence-corrected chi connectivity index (χ2v) is 5.67. The van der Waals surface area contributed by atoms with Crippen LogP contribution in [0.5, 0.6) is 0 Å². The summed E-state index contributed by atoms with van der Waals surface area (Å²) >= 11 is 5.87. The van der Waals surface area contributed by atoms with Gasteiger partial charge in [-0.3, -0.25) is 0 Å². The van der Waals surface area contributed by atoms with Crippen molar-refractivity contribution in [2.75, 3.05) is 13.2 Å². The summed E-state index contributed by atoms with van der Waals surface area (Å²) in [5, 5.41) is 0.760. The fraction of sp³-hybridized carbons (Fsp3) is 0.571. The van der Waals surface area contributed by atoms with Gasteiger partial charge in [-0.25, -0.2) is 0 Å². The van der Waals surface area contributed by atoms with Crippen LogP contribution in [0.4, 0.5) is 0 Å². The van der Waals surface area contributed by atoms with Crippen LogP contribution in [-0.2, 0) is 4.74 Å². The molecule has 0 spiro atoms. The van der Waals surface area contributed by atoms with E-state index < -0.39 is 0 Å². The molecule has 0 aliphatic rings. The van der Waals surface area contributed by atoms with Gasteiger partial charge in [0.05, 0.1) is 5.60 Å². The molecule has 0 fully saturated rings. The second kappa shape index (κ2) is 6.39. The third-order valence-electron chi connectivity index (χ3n) is 2.63. The summed E-state index contributed by atoms with van der Waals surface area (Å²) in [5.41, 5.74) is 6.95. The van der Waals surface area contributed by atoms with Gasteiger partial charge in [0.1, 0.15) is 0 Å². The lowest BCUT2D eigenvalue weighted by molar-refractivity contribution is -0.00601. The molecule has 0 amide bonds. The molecule has 0 aliphatic heterocycles. The highest BCUT2D eigenvalue weighted by Gasteiger charge is 2.13. The molecule has 0 heterocycles. The van der Waals surface area contributed by atoms with Crippen molar-refractivity contribution in [3.63, 3.8) is 0 Å². The number of hydrogen-bond donors (Lipinski definition) is 1. The van der Waals surface area contributed by atoms with Crippen molar-refractivity contribution in [2.24, 2.45) is 5.73 Å². The first kappa shape index (κ1) is 14.5. The number of rotatable bonds is 5. The van der Waals surface area contributed by atoms with Gasteiger partial charge in [0.25, 0.3) is 0 Å². The monoisotopic (exact) mass is 255 g/mol. The van der Waals surface area contributed by atoms with Crippen LogP contribution in [0.1, 0.15) is 38.7 Å². The van der Waals surface area contributed by atoms with E-state index in [4.69, 9.17) is 22.1 Å². The molecule has 2 N–H and O–H groups in total. The minimum absolute atomic E-state index is 0.0842. The summed E-state index contributed by atoms with van der Waals surface area (Å²) in [7, 11) is 0. The number of hydrogen-bond acceptors (Lipinski definition) is 2. The number of benzene rings is 1. The van der Waals surface area contributed by atoms with E-state index >= 15 is 0 Å². The normalized spacial score (nSPS) is 13.7. The third-order valence-corrected chi connectivity index (χ3v) is 2.88. The topological polar surface area (TPSA) is 35.2 Å². The fourth-order valence-electron chi connectivity index (χ4n) is 1.66. The van der Waals surface area contributed by atoms with E-state index in [9.17, 15) is 0 Å². The maximum absolute atomic E-state index is 5.87. The lowest BCUT2D eigenvalue weighted by Crippen LogP contribution is -2.22. The van der Waals surface area contributed by atoms with Gasteiger partial charge in [0.15, 0.2) is 0 Å². The van der Waals surface area contributed by atoms with Crippen molar-refractivity contribution in [3.8, 4) is 0 Å². The molecule has 1 atom stereocenters. The number of halogens is 1. The summed E-state index contributed by atoms with van der Waals surface area (Å²) in [5.74, 6) is 0.342. The average Bonchev–Trinajstić information content (AvgIpc) is 2.24. The van der Waals surface area contributed by atoms with Crippen LogP contribution in [-0.4, -0.2) is 18.8 Å². The molecule has 96 valence electrons. The van der Waals surface area contributed by atoms with Crippen LogP contribution in [0.3, 0.4) is 0 Å². The smallest absolute Gasteiger partial charge is 0.0598 e. The SMILES string of the molecule is CC(C)(C)OCCC(CN)c1ccc(Cl)cc1. The van der Waals surface area contributed by atoms with E-state index in [1.54, 1.807) is 0 Å². The van der Waals surface area contributed by atoms with Crippen molar-refractivity contribution >= 4 is 11.6 Å². The molecule has 1 aromatic rings. The van der Waals surface area contributed by atoms with Gasteiger partial charge < -0.3 is 10.5 Å². The van der Waals surface area contributed by atoms with Crippen LogP contribution < -0.4 is 5.73 Å². The number of ether oxygens (including phenoxy) is 1. The summed E-state index contributed by atoms with van der Waals surface area (Å²) in [6.07, 6.45) is 0.940. The summed E-state index contributed by atoms with van der Waals surface area (Å²) < 4.78 is 5.73. The third kappa shape index (κ3) is 5.53. The highest BCUT2D eigenvalue weighted by atomic mass is 35.5. The molecule has 0 saturated carbocycles. The molecule has 0 aromatic heterocycles. The van der Waals surface area contributed by atoms with E-state index in [1.807, 2.05) is 24.3 Å². The highest BCUT2D eigenvalue weighted by molar-refractivity contribution is 6.30. The Morgan fingerprint density at radius 2 is 1.82 bits per heavy atom. The molecule has 3 heteroatoms. The van der Waals surface area contributed by atoms with Crippen molar-refractivity contribution < 1.29 is 4.74 Å². The predicted molar refractivity (Wildman–Crippen MR) is 73.6 cm³/mol. The lowest BCUT2D eigenvalue weighted by atomic mass is 9.96. The van der Waals surface area contributed by atoms with Crippen molar-refractivity contribution in [2.45, 2.75) is 38.7 Å². The second-order valence-electron chi connectivity index (χ2n) is 5.23. The van der Waals surface area contributed by atoms with Crippen LogP contribution in [0.2, 0.25) is 5.02 Å². The first-order valence-electron chi connectivity index (χ1n) is 6.02. The number of nitrogens with two attached hydrogens (primary N) is 1. The van der Waals surface area contributed by atoms with E-state index in [0.717, 1.165) is 18.1 Å². The highest BCUT2D eigenvalue weighted by Crippen LogP contribution is 2.21.